The molecule has 1 heterocycles. The summed E-state index contributed by atoms with van der Waals surface area (Å²) in [7, 11) is 0. The zero-order valence-corrected chi connectivity index (χ0v) is 12.7. The number of pyridine rings is 1. The monoisotopic (exact) mass is 362 g/mol. The molecule has 23 heavy (non-hydrogen) atoms. The zero-order valence-electron chi connectivity index (χ0n) is 11.1. The molecule has 2 rings (SSSR count). The third-order valence-corrected chi connectivity index (χ3v) is 2.96. The van der Waals surface area contributed by atoms with Gasteiger partial charge in [0.1, 0.15) is 10.3 Å². The van der Waals surface area contributed by atoms with Crippen molar-refractivity contribution in [3.8, 4) is 0 Å². The van der Waals surface area contributed by atoms with E-state index in [1.807, 2.05) is 0 Å². The highest BCUT2D eigenvalue weighted by atomic mass is 35.5. The van der Waals surface area contributed by atoms with Crippen LogP contribution in [-0.4, -0.2) is 17.2 Å². The van der Waals surface area contributed by atoms with Gasteiger partial charge in [0.15, 0.2) is 0 Å². The normalized spacial score (nSPS) is 11.7. The topological polar surface area (TPSA) is 51.5 Å². The number of aromatic nitrogens is 1. The molecule has 0 atom stereocenters. The molecule has 0 bridgehead atoms. The van der Waals surface area contributed by atoms with Crippen molar-refractivity contribution in [2.45, 2.75) is 6.18 Å². The average Bonchev–Trinajstić information content (AvgIpc) is 2.45. The quantitative estimate of drug-likeness (QED) is 0.347. The van der Waals surface area contributed by atoms with Crippen molar-refractivity contribution >= 4 is 35.4 Å². The second kappa shape index (κ2) is 6.97. The molecule has 1 aromatic heterocycles. The molecule has 0 amide bonds. The van der Waals surface area contributed by atoms with E-state index in [0.29, 0.717) is 5.56 Å². The number of halogens is 5. The van der Waals surface area contributed by atoms with E-state index in [-0.39, 0.29) is 10.3 Å². The van der Waals surface area contributed by atoms with E-state index in [0.717, 1.165) is 18.3 Å². The number of hydrogen-bond donors (Lipinski definition) is 0. The zero-order chi connectivity index (χ0) is 17.0. The lowest BCUT2D eigenvalue weighted by atomic mass is 10.1. The van der Waals surface area contributed by atoms with Crippen LogP contribution in [0.2, 0.25) is 10.3 Å². The van der Waals surface area contributed by atoms with Gasteiger partial charge in [0, 0.05) is 5.56 Å². The number of alkyl halides is 3. The van der Waals surface area contributed by atoms with Crippen molar-refractivity contribution in [3.05, 3.63) is 63.4 Å². The third kappa shape index (κ3) is 4.67. The highest BCUT2D eigenvalue weighted by molar-refractivity contribution is 6.32. The number of nitrogens with zero attached hydrogens (tertiary/aromatic N) is 2. The van der Waals surface area contributed by atoms with Crippen molar-refractivity contribution in [1.29, 1.82) is 0 Å². The maximum absolute atomic E-state index is 12.8. The van der Waals surface area contributed by atoms with Gasteiger partial charge in [-0.1, -0.05) is 40.5 Å². The Balaban J connectivity index is 2.16. The van der Waals surface area contributed by atoms with E-state index < -0.39 is 23.3 Å². The summed E-state index contributed by atoms with van der Waals surface area (Å²) < 4.78 is 38.4. The summed E-state index contributed by atoms with van der Waals surface area (Å²) in [6.45, 7) is 0. The fourth-order valence-corrected chi connectivity index (χ4v) is 2.13. The minimum absolute atomic E-state index is 0.0905. The lowest BCUT2D eigenvalue weighted by Gasteiger charge is -2.09. The van der Waals surface area contributed by atoms with Crippen LogP contribution in [0.3, 0.4) is 0 Å². The number of hydrogen-bond acceptors (Lipinski definition) is 4. The molecule has 9 heteroatoms. The van der Waals surface area contributed by atoms with Crippen LogP contribution >= 0.6 is 23.2 Å². The Bertz CT molecular complexity index is 744. The summed E-state index contributed by atoms with van der Waals surface area (Å²) in [5.41, 5.74) is -1.37. The molecule has 0 radical (unpaired) electrons. The Morgan fingerprint density at radius 2 is 1.78 bits per heavy atom. The van der Waals surface area contributed by atoms with Crippen LogP contribution in [0.1, 0.15) is 21.5 Å². The van der Waals surface area contributed by atoms with E-state index in [2.05, 4.69) is 15.0 Å². The van der Waals surface area contributed by atoms with Crippen molar-refractivity contribution in [3.63, 3.8) is 0 Å². The number of oxime groups is 1. The summed E-state index contributed by atoms with van der Waals surface area (Å²) in [6.07, 6.45) is -3.60. The molecule has 0 aliphatic carbocycles. The smallest absolute Gasteiger partial charge is 0.313 e. The number of rotatable bonds is 3. The van der Waals surface area contributed by atoms with E-state index >= 15 is 0 Å². The number of benzene rings is 1. The van der Waals surface area contributed by atoms with Crippen LogP contribution in [-0.2, 0) is 11.0 Å². The molecule has 0 N–H and O–H groups in total. The van der Waals surface area contributed by atoms with Gasteiger partial charge >= 0.3 is 12.1 Å². The van der Waals surface area contributed by atoms with E-state index in [9.17, 15) is 18.0 Å². The molecule has 0 aliphatic heterocycles. The molecule has 0 unspecified atom stereocenters. The fourth-order valence-electron chi connectivity index (χ4n) is 1.65. The molecule has 2 aromatic rings. The fraction of sp³-hybridized carbons (Fsp3) is 0.0714. The first-order chi connectivity index (χ1) is 10.8. The summed E-state index contributed by atoms with van der Waals surface area (Å²) in [4.78, 5) is 19.9. The molecule has 0 saturated heterocycles. The predicted molar refractivity (Wildman–Crippen MR) is 78.7 cm³/mol. The Hall–Kier alpha value is -2.12. The van der Waals surface area contributed by atoms with E-state index in [1.165, 1.54) is 24.3 Å². The number of carbonyl (C=O) groups excluding carboxylic acids is 1. The van der Waals surface area contributed by atoms with Gasteiger partial charge in [-0.25, -0.2) is 9.78 Å². The van der Waals surface area contributed by atoms with Crippen LogP contribution in [0.4, 0.5) is 13.2 Å². The molecule has 4 nitrogen and oxygen atoms in total. The van der Waals surface area contributed by atoms with Gasteiger partial charge in [-0.15, -0.1) is 0 Å². The summed E-state index contributed by atoms with van der Waals surface area (Å²) in [5, 5.41) is 3.52. The van der Waals surface area contributed by atoms with Gasteiger partial charge < -0.3 is 4.84 Å². The molecule has 0 aliphatic rings. The highest BCUT2D eigenvalue weighted by Crippen LogP contribution is 2.32. The van der Waals surface area contributed by atoms with Crippen molar-refractivity contribution in [2.24, 2.45) is 5.16 Å². The van der Waals surface area contributed by atoms with Crippen LogP contribution in [0.15, 0.2) is 41.6 Å². The summed E-state index contributed by atoms with van der Waals surface area (Å²) in [6, 6.07) is 7.01. The van der Waals surface area contributed by atoms with Gasteiger partial charge in [0.2, 0.25) is 0 Å². The highest BCUT2D eigenvalue weighted by Gasteiger charge is 2.35. The predicted octanol–water partition coefficient (Wildman–Crippen LogP) is 4.60. The van der Waals surface area contributed by atoms with Crippen LogP contribution in [0.25, 0.3) is 0 Å². The molecule has 0 spiro atoms. The molecule has 0 saturated carbocycles. The second-order valence-electron chi connectivity index (χ2n) is 4.20. The summed E-state index contributed by atoms with van der Waals surface area (Å²) in [5.74, 6) is -1.24. The third-order valence-electron chi connectivity index (χ3n) is 2.57. The maximum atomic E-state index is 12.8. The van der Waals surface area contributed by atoms with Gasteiger partial charge in [0.25, 0.3) is 0 Å². The largest absolute Gasteiger partial charge is 0.417 e. The standard InChI is InChI=1S/C14H7Cl2F3N2O2/c15-11-5-8(6-12(16)21-11)7-20-23-13(22)9-3-1-2-4-10(9)14(17,18)19/h1-7H/b20-7+. The number of carbonyl (C=O) groups is 1. The first-order valence-electron chi connectivity index (χ1n) is 6.01. The van der Waals surface area contributed by atoms with E-state index in [4.69, 9.17) is 23.2 Å². The SMILES string of the molecule is O=C(O/N=C/c1cc(Cl)nc(Cl)c1)c1ccccc1C(F)(F)F. The average molecular weight is 363 g/mol. The maximum Gasteiger partial charge on any atom is 0.417 e. The molecular weight excluding hydrogens is 356 g/mol. The van der Waals surface area contributed by atoms with Crippen molar-refractivity contribution in [2.75, 3.05) is 0 Å². The minimum atomic E-state index is -4.68. The Labute approximate surface area is 138 Å². The lowest BCUT2D eigenvalue weighted by Crippen LogP contribution is -2.13. The van der Waals surface area contributed by atoms with Crippen molar-refractivity contribution in [1.82, 2.24) is 4.98 Å². The van der Waals surface area contributed by atoms with Crippen molar-refractivity contribution < 1.29 is 22.8 Å². The summed E-state index contributed by atoms with van der Waals surface area (Å²) >= 11 is 11.3. The first-order valence-corrected chi connectivity index (χ1v) is 6.77. The molecule has 0 fully saturated rings. The van der Waals surface area contributed by atoms with E-state index in [1.54, 1.807) is 0 Å². The minimum Gasteiger partial charge on any atom is -0.313 e. The Kier molecular flexibility index (Phi) is 5.23. The van der Waals surface area contributed by atoms with Gasteiger partial charge in [-0.3, -0.25) is 0 Å². The molecule has 1 aromatic carbocycles. The van der Waals surface area contributed by atoms with Gasteiger partial charge in [0.05, 0.1) is 17.3 Å². The van der Waals surface area contributed by atoms with Gasteiger partial charge in [-0.2, -0.15) is 13.2 Å². The van der Waals surface area contributed by atoms with Crippen LogP contribution < -0.4 is 0 Å². The Morgan fingerprint density at radius 3 is 2.39 bits per heavy atom. The molecule has 120 valence electrons. The Morgan fingerprint density at radius 1 is 1.17 bits per heavy atom. The van der Waals surface area contributed by atoms with Crippen LogP contribution in [0, 0.1) is 0 Å². The second-order valence-corrected chi connectivity index (χ2v) is 4.98. The van der Waals surface area contributed by atoms with Crippen LogP contribution in [0.5, 0.6) is 0 Å². The lowest BCUT2D eigenvalue weighted by molar-refractivity contribution is -0.138. The molecular formula is C14H7Cl2F3N2O2. The first kappa shape index (κ1) is 17.2. The van der Waals surface area contributed by atoms with Gasteiger partial charge in [-0.05, 0) is 24.3 Å².